The molecule has 112 heavy (non-hydrogen) atoms. The highest BCUT2D eigenvalue weighted by Crippen LogP contribution is 2.49. The van der Waals surface area contributed by atoms with Gasteiger partial charge in [-0.15, -0.1) is 22.7 Å². The molecule has 26 nitrogen and oxygen atoms in total. The monoisotopic (exact) mass is 1550 g/mol. The number of aliphatic hydroxyl groups is 2. The lowest BCUT2D eigenvalue weighted by Gasteiger charge is -2.35. The molecule has 1 aliphatic carbocycles. The molecule has 1 saturated carbocycles. The summed E-state index contributed by atoms with van der Waals surface area (Å²) in [6, 6.07) is 36.6. The minimum atomic E-state index is -1.51. The number of hydrogen-bond donors (Lipinski definition) is 6. The number of nitrogens with zero attached hydrogens (tertiary/aromatic N) is 9. The molecule has 9 amide bonds. The number of thiazole rings is 2. The molecular formula is C84H85N13O13S2. The summed E-state index contributed by atoms with van der Waals surface area (Å²) in [5.74, 6) is -4.09. The van der Waals surface area contributed by atoms with Crippen molar-refractivity contribution in [3.63, 3.8) is 0 Å². The number of benzene rings is 6. The summed E-state index contributed by atoms with van der Waals surface area (Å²) in [5.41, 5.74) is 13.4. The molecule has 4 fully saturated rings. The van der Waals surface area contributed by atoms with Crippen LogP contribution in [0.15, 0.2) is 157 Å². The molecule has 6 aromatic carbocycles. The molecule has 7 aliphatic rings. The minimum absolute atomic E-state index is 0.00564. The van der Waals surface area contributed by atoms with Crippen LogP contribution in [0.1, 0.15) is 129 Å². The van der Waals surface area contributed by atoms with Gasteiger partial charge in [0.05, 0.1) is 63.2 Å². The van der Waals surface area contributed by atoms with Crippen LogP contribution in [0.25, 0.3) is 32.1 Å². The Hall–Kier alpha value is -11.5. The van der Waals surface area contributed by atoms with E-state index in [0.717, 1.165) is 65.8 Å². The molecule has 9 heterocycles. The van der Waals surface area contributed by atoms with E-state index >= 15 is 14.4 Å². The number of fused-ring (bicyclic) bond motifs is 3. The Kier molecular flexibility index (Phi) is 20.4. The lowest BCUT2D eigenvalue weighted by molar-refractivity contribution is -0.145. The van der Waals surface area contributed by atoms with Crippen LogP contribution in [0.4, 0.5) is 0 Å². The van der Waals surface area contributed by atoms with Crippen molar-refractivity contribution in [2.45, 2.75) is 166 Å². The Labute approximate surface area is 654 Å². The van der Waals surface area contributed by atoms with Crippen molar-refractivity contribution in [3.05, 3.63) is 218 Å². The van der Waals surface area contributed by atoms with Gasteiger partial charge >= 0.3 is 0 Å². The quantitative estimate of drug-likeness (QED) is 0.0332. The van der Waals surface area contributed by atoms with Crippen LogP contribution in [-0.2, 0) is 68.0 Å². The van der Waals surface area contributed by atoms with Gasteiger partial charge in [-0.2, -0.15) is 5.10 Å². The Morgan fingerprint density at radius 3 is 1.48 bits per heavy atom. The van der Waals surface area contributed by atoms with Crippen LogP contribution in [-0.4, -0.2) is 193 Å². The first-order valence-corrected chi connectivity index (χ1v) is 39.6. The van der Waals surface area contributed by atoms with E-state index in [1.54, 1.807) is 82.0 Å². The molecule has 28 heteroatoms. The van der Waals surface area contributed by atoms with Crippen molar-refractivity contribution >= 4 is 75.8 Å². The minimum Gasteiger partial charge on any atom is -0.488 e. The molecule has 6 N–H and O–H groups in total. The van der Waals surface area contributed by atoms with E-state index in [1.165, 1.54) is 42.8 Å². The van der Waals surface area contributed by atoms with Gasteiger partial charge in [-0.1, -0.05) is 117 Å². The van der Waals surface area contributed by atoms with Crippen LogP contribution >= 0.6 is 22.7 Å². The summed E-state index contributed by atoms with van der Waals surface area (Å²) < 4.78 is 13.3. The fourth-order valence-corrected chi connectivity index (χ4v) is 18.4. The van der Waals surface area contributed by atoms with Crippen molar-refractivity contribution in [1.82, 2.24) is 65.5 Å². The summed E-state index contributed by atoms with van der Waals surface area (Å²) in [6.45, 7) is 9.35. The van der Waals surface area contributed by atoms with Gasteiger partial charge in [0.2, 0.25) is 35.4 Å². The third-order valence-corrected chi connectivity index (χ3v) is 24.7. The molecular weight excluding hydrogens is 1460 g/mol. The number of hydrogen-bond acceptors (Lipinski definition) is 18. The number of H-pyrrole nitrogens is 1. The third-order valence-electron chi connectivity index (χ3n) is 22.8. The Balaban J connectivity index is 0.608. The molecule has 16 rings (SSSR count). The largest absolute Gasteiger partial charge is 0.488 e. The Morgan fingerprint density at radius 1 is 0.545 bits per heavy atom. The topological polar surface area (TPSA) is 323 Å². The number of aliphatic hydroxyl groups excluding tert-OH is 2. The number of likely N-dealkylation sites (tertiary alicyclic amines) is 3. The van der Waals surface area contributed by atoms with Gasteiger partial charge in [0, 0.05) is 88.0 Å². The predicted molar refractivity (Wildman–Crippen MR) is 414 cm³/mol. The second-order valence-electron chi connectivity index (χ2n) is 30.5. The maximum Gasteiger partial charge on any atom is 0.255 e. The number of β-amino-alcohol motifs (C(OH)–C–C–N with tert-alkyl or cyclic N) is 1. The van der Waals surface area contributed by atoms with Crippen molar-refractivity contribution in [2.24, 2.45) is 5.92 Å². The average molecular weight is 1550 g/mol. The number of aromatic amines is 1. The summed E-state index contributed by atoms with van der Waals surface area (Å²) in [4.78, 5) is 152. The van der Waals surface area contributed by atoms with E-state index in [2.05, 4.69) is 36.1 Å². The SMILES string of the molecule is Cc1ncsc1-c1ccc(CNC(=O)[C@@H]2C[C@@H](Oc3ccc4c(c3)C(=O)N([C@H](C(=O)N3C[C@H](O)C[C@H]3C(=O)NCc3ccc(-c5ccn[nH]5)cc3)C(C)C)C4)CN2C(=O)[C@H]([C@H](C)O)N2Cc3ccc(O[C@@H]4C[C@@H](C(=O)NCc5ccc(-c6scnc6C)cc5)N(C(=O)C5(N6Cc7ccccc7C6=O)CC5)C4)cc3C2=O)cc1. The fourth-order valence-electron chi connectivity index (χ4n) is 16.8. The lowest BCUT2D eigenvalue weighted by Crippen LogP contribution is -2.57. The molecule has 0 bridgehead atoms. The van der Waals surface area contributed by atoms with Gasteiger partial charge in [-0.05, 0) is 126 Å². The summed E-state index contributed by atoms with van der Waals surface area (Å²) in [7, 11) is 0. The van der Waals surface area contributed by atoms with Crippen molar-refractivity contribution in [3.8, 4) is 43.6 Å². The van der Waals surface area contributed by atoms with E-state index in [0.29, 0.717) is 29.5 Å². The van der Waals surface area contributed by atoms with E-state index in [1.807, 2.05) is 119 Å². The highest BCUT2D eigenvalue weighted by Gasteiger charge is 2.62. The Bertz CT molecular complexity index is 5160. The molecule has 0 unspecified atom stereocenters. The standard InChI is InChI=1S/C84H85N13O13S2/c1-46(2)71(81(106)92-41-59(99)30-68(92)75(100)85-35-50-10-16-53(17-11-50)67-26-29-90-91-67)95-38-57-22-24-60(31-65(57)78(95)103)109-62-33-69(76(101)86-36-51-12-18-54(19-13-51)73-47(3)88-44-111-73)93(42-62)82(107)72(49(5)98)96-39-58-23-25-61(32-66(58)79(96)104)110-63-34-70(77(102)87-37-52-14-20-55(21-15-52)74-48(4)89-45-112-74)94(43-63)83(108)84(27-28-84)97-40-56-8-6-7-9-64(56)80(97)105/h6-26,29,31-32,44-46,49,59,62-63,68-72,98-99H,27-28,30,33-43H2,1-5H3,(H,85,100)(H,86,101)(H,87,102)(H,90,91)/t49-,59+,62+,63+,68-,69-,70-,71-,72-/m0/s1. The van der Waals surface area contributed by atoms with Crippen LogP contribution in [0.2, 0.25) is 0 Å². The molecule has 576 valence electrons. The van der Waals surface area contributed by atoms with Gasteiger partial charge in [0.15, 0.2) is 0 Å². The summed E-state index contributed by atoms with van der Waals surface area (Å²) in [5, 5.41) is 38.7. The highest BCUT2D eigenvalue weighted by atomic mass is 32.1. The Morgan fingerprint density at radius 2 is 1.01 bits per heavy atom. The summed E-state index contributed by atoms with van der Waals surface area (Å²) >= 11 is 3.07. The molecule has 3 saturated heterocycles. The number of carbonyl (C=O) groups excluding carboxylic acids is 9. The van der Waals surface area contributed by atoms with Crippen molar-refractivity contribution in [1.29, 1.82) is 0 Å². The van der Waals surface area contributed by atoms with Crippen molar-refractivity contribution in [2.75, 3.05) is 19.6 Å². The first-order valence-electron chi connectivity index (χ1n) is 37.9. The van der Waals surface area contributed by atoms with Crippen LogP contribution in [0.5, 0.6) is 11.5 Å². The number of carbonyl (C=O) groups is 9. The van der Waals surface area contributed by atoms with E-state index in [4.69, 9.17) is 9.47 Å². The second-order valence-corrected chi connectivity index (χ2v) is 32.2. The zero-order valence-corrected chi connectivity index (χ0v) is 64.0. The molecule has 6 aliphatic heterocycles. The number of aryl methyl sites for hydroxylation is 2. The lowest BCUT2D eigenvalue weighted by atomic mass is 10.0. The van der Waals surface area contributed by atoms with Crippen LogP contribution in [0, 0.1) is 19.8 Å². The van der Waals surface area contributed by atoms with E-state index in [9.17, 15) is 39.0 Å². The molecule has 0 radical (unpaired) electrons. The molecule has 9 aromatic rings. The van der Waals surface area contributed by atoms with Crippen LogP contribution in [0.3, 0.4) is 0 Å². The van der Waals surface area contributed by atoms with Crippen molar-refractivity contribution < 1.29 is 62.8 Å². The molecule has 9 atom stereocenters. The van der Waals surface area contributed by atoms with Gasteiger partial charge in [0.25, 0.3) is 17.7 Å². The predicted octanol–water partition coefficient (Wildman–Crippen LogP) is 8.12. The summed E-state index contributed by atoms with van der Waals surface area (Å²) in [6.07, 6.45) is -1.45. The zero-order valence-electron chi connectivity index (χ0n) is 62.4. The zero-order chi connectivity index (χ0) is 78.0. The smallest absolute Gasteiger partial charge is 0.255 e. The molecule has 3 aromatic heterocycles. The van der Waals surface area contributed by atoms with E-state index < -0.39 is 107 Å². The van der Waals surface area contributed by atoms with Gasteiger partial charge < -0.3 is 65.0 Å². The number of rotatable bonds is 24. The van der Waals surface area contributed by atoms with Crippen LogP contribution < -0.4 is 25.4 Å². The second kappa shape index (κ2) is 30.7. The van der Waals surface area contributed by atoms with E-state index in [-0.39, 0.29) is 113 Å². The van der Waals surface area contributed by atoms with Gasteiger partial charge in [-0.3, -0.25) is 48.2 Å². The maximum absolute atomic E-state index is 15.5. The number of amides is 9. The number of nitrogens with one attached hydrogen (secondary N) is 4. The first-order chi connectivity index (χ1) is 54.1. The number of ether oxygens (including phenoxy) is 2. The highest BCUT2D eigenvalue weighted by molar-refractivity contribution is 7.13. The molecule has 0 spiro atoms. The number of aromatic nitrogens is 4. The maximum atomic E-state index is 15.5. The van der Waals surface area contributed by atoms with Gasteiger partial charge in [-0.25, -0.2) is 9.97 Å². The normalized spacial score (nSPS) is 20.9. The average Bonchev–Trinajstić information content (AvgIpc) is 1.56. The van der Waals surface area contributed by atoms with Gasteiger partial charge in [0.1, 0.15) is 59.5 Å². The first kappa shape index (κ1) is 74.6. The fraction of sp³-hybridized carbons (Fsp3) is 0.357. The third kappa shape index (κ3) is 14.5.